The summed E-state index contributed by atoms with van der Waals surface area (Å²) in [6.45, 7) is 10.1. The van der Waals surface area contributed by atoms with Crippen LogP contribution in [0, 0.1) is 20.8 Å². The number of nitrogens with zero attached hydrogens (tertiary/aromatic N) is 7. The maximum Gasteiger partial charge on any atom is 0.281 e. The highest BCUT2D eigenvalue weighted by atomic mass is 16.5. The summed E-state index contributed by atoms with van der Waals surface area (Å²) in [6, 6.07) is 13.5. The van der Waals surface area contributed by atoms with Gasteiger partial charge in [-0.3, -0.25) is 9.47 Å². The van der Waals surface area contributed by atoms with Gasteiger partial charge in [0.05, 0.1) is 23.4 Å². The first-order valence-corrected chi connectivity index (χ1v) is 14.1. The third kappa shape index (κ3) is 4.06. The largest absolute Gasteiger partial charge is 0.493 e. The molecule has 0 spiro atoms. The Kier molecular flexibility index (Phi) is 5.84. The zero-order chi connectivity index (χ0) is 30.2. The fourth-order valence-corrected chi connectivity index (χ4v) is 6.20. The van der Waals surface area contributed by atoms with E-state index >= 15 is 0 Å². The summed E-state index contributed by atoms with van der Waals surface area (Å²) in [7, 11) is 1.63. The fraction of sp³-hybridized carbons (Fsp3) is 0.281. The minimum absolute atomic E-state index is 0.154. The third-order valence-corrected chi connectivity index (χ3v) is 8.11. The first-order valence-electron chi connectivity index (χ1n) is 14.1. The minimum atomic E-state index is -0.415. The zero-order valence-electron chi connectivity index (χ0n) is 25.0. The van der Waals surface area contributed by atoms with E-state index in [4.69, 9.17) is 25.3 Å². The van der Waals surface area contributed by atoms with Gasteiger partial charge in [0.15, 0.2) is 23.0 Å². The van der Waals surface area contributed by atoms with Crippen LogP contribution in [-0.2, 0) is 13.0 Å². The normalized spacial score (nSPS) is 13.9. The SMILES string of the molecule is COc1ccc(-c2nn(Cc3nc4cccc(C)c4c(=O)n3-n3c(C)ccc3C)c3ncnc(N)c23)c2c1OC(C)(C)C2. The van der Waals surface area contributed by atoms with Crippen LogP contribution < -0.4 is 20.8 Å². The average Bonchev–Trinajstić information content (AvgIpc) is 3.61. The van der Waals surface area contributed by atoms with Gasteiger partial charge in [0, 0.05) is 28.9 Å². The van der Waals surface area contributed by atoms with E-state index in [1.807, 2.05) is 81.8 Å². The van der Waals surface area contributed by atoms with Crippen LogP contribution in [0.25, 0.3) is 33.2 Å². The molecule has 0 aliphatic carbocycles. The lowest BCUT2D eigenvalue weighted by Crippen LogP contribution is -2.33. The van der Waals surface area contributed by atoms with Crippen LogP contribution in [0.5, 0.6) is 11.5 Å². The molecule has 0 saturated carbocycles. The second-order valence-corrected chi connectivity index (χ2v) is 11.7. The predicted molar refractivity (Wildman–Crippen MR) is 165 cm³/mol. The highest BCUT2D eigenvalue weighted by Crippen LogP contribution is 2.47. The highest BCUT2D eigenvalue weighted by Gasteiger charge is 2.36. The van der Waals surface area contributed by atoms with Crippen molar-refractivity contribution in [1.29, 1.82) is 0 Å². The van der Waals surface area contributed by atoms with Crippen molar-refractivity contribution in [2.45, 2.75) is 53.2 Å². The summed E-state index contributed by atoms with van der Waals surface area (Å²) in [4.78, 5) is 28.1. The number of hydrogen-bond donors (Lipinski definition) is 1. The van der Waals surface area contributed by atoms with Crippen molar-refractivity contribution in [3.8, 4) is 22.8 Å². The van der Waals surface area contributed by atoms with Gasteiger partial charge in [-0.25, -0.2) is 19.6 Å². The van der Waals surface area contributed by atoms with Crippen LogP contribution in [-0.4, -0.2) is 46.8 Å². The minimum Gasteiger partial charge on any atom is -0.493 e. The highest BCUT2D eigenvalue weighted by molar-refractivity contribution is 5.99. The Morgan fingerprint density at radius 2 is 1.77 bits per heavy atom. The molecule has 5 heterocycles. The first kappa shape index (κ1) is 26.7. The quantitative estimate of drug-likeness (QED) is 0.316. The van der Waals surface area contributed by atoms with Gasteiger partial charge in [0.2, 0.25) is 0 Å². The summed E-state index contributed by atoms with van der Waals surface area (Å²) in [5, 5.41) is 6.26. The Morgan fingerprint density at radius 3 is 2.51 bits per heavy atom. The molecule has 11 heteroatoms. The number of aryl methyl sites for hydroxylation is 3. The summed E-state index contributed by atoms with van der Waals surface area (Å²) < 4.78 is 17.2. The summed E-state index contributed by atoms with van der Waals surface area (Å²) >= 11 is 0. The Labute approximate surface area is 247 Å². The zero-order valence-corrected chi connectivity index (χ0v) is 25.0. The number of methoxy groups -OCH3 is 1. The monoisotopic (exact) mass is 576 g/mol. The standard InChI is InChI=1S/C32H32N8O3/c1-17-8-7-9-22-25(17)31(41)40(39-18(2)10-11-19(39)3)24(36-22)15-38-30-26(29(33)34-16-35-30)27(37-38)20-12-13-23(42-6)28-21(20)14-32(4,5)43-28/h7-13,16H,14-15H2,1-6H3,(H2,33,34,35). The van der Waals surface area contributed by atoms with Gasteiger partial charge in [-0.05, 0) is 70.5 Å². The molecule has 0 amide bonds. The number of anilines is 1. The molecule has 4 aromatic heterocycles. The number of fused-ring (bicyclic) bond motifs is 3. The van der Waals surface area contributed by atoms with Gasteiger partial charge >= 0.3 is 0 Å². The van der Waals surface area contributed by atoms with E-state index in [-0.39, 0.29) is 12.1 Å². The van der Waals surface area contributed by atoms with E-state index in [1.165, 1.54) is 6.33 Å². The van der Waals surface area contributed by atoms with Crippen LogP contribution in [0.15, 0.2) is 53.6 Å². The Bertz CT molecular complexity index is 2140. The molecule has 43 heavy (non-hydrogen) atoms. The van der Waals surface area contributed by atoms with Crippen molar-refractivity contribution in [1.82, 2.24) is 34.1 Å². The van der Waals surface area contributed by atoms with E-state index in [9.17, 15) is 4.79 Å². The van der Waals surface area contributed by atoms with E-state index in [2.05, 4.69) is 9.97 Å². The van der Waals surface area contributed by atoms with Crippen LogP contribution in [0.1, 0.15) is 42.2 Å². The van der Waals surface area contributed by atoms with Gasteiger partial charge in [0.1, 0.15) is 30.0 Å². The Morgan fingerprint density at radius 1 is 1.00 bits per heavy atom. The number of aromatic nitrogens is 7. The molecule has 0 fully saturated rings. The lowest BCUT2D eigenvalue weighted by atomic mass is 9.95. The Hall–Kier alpha value is -5.19. The second kappa shape index (κ2) is 9.41. The smallest absolute Gasteiger partial charge is 0.281 e. The molecule has 0 atom stereocenters. The van der Waals surface area contributed by atoms with E-state index in [0.717, 1.165) is 28.1 Å². The molecule has 0 saturated heterocycles. The first-order chi connectivity index (χ1) is 20.6. The van der Waals surface area contributed by atoms with Crippen LogP contribution in [0.2, 0.25) is 0 Å². The van der Waals surface area contributed by atoms with Crippen LogP contribution in [0.3, 0.4) is 0 Å². The van der Waals surface area contributed by atoms with Gasteiger partial charge in [0.25, 0.3) is 5.56 Å². The lowest BCUT2D eigenvalue weighted by Gasteiger charge is -2.18. The van der Waals surface area contributed by atoms with Crippen molar-refractivity contribution < 1.29 is 9.47 Å². The van der Waals surface area contributed by atoms with Crippen molar-refractivity contribution in [3.05, 3.63) is 87.5 Å². The van der Waals surface area contributed by atoms with Crippen molar-refractivity contribution in [3.63, 3.8) is 0 Å². The van der Waals surface area contributed by atoms with E-state index in [1.54, 1.807) is 16.5 Å². The number of rotatable bonds is 5. The Balaban J connectivity index is 1.48. The summed E-state index contributed by atoms with van der Waals surface area (Å²) in [5.41, 5.74) is 12.2. The van der Waals surface area contributed by atoms with Crippen molar-refractivity contribution >= 4 is 27.8 Å². The maximum atomic E-state index is 14.2. The van der Waals surface area contributed by atoms with Crippen LogP contribution >= 0.6 is 0 Å². The molecule has 7 rings (SSSR count). The maximum absolute atomic E-state index is 14.2. The molecule has 0 bridgehead atoms. The summed E-state index contributed by atoms with van der Waals surface area (Å²) in [6.07, 6.45) is 2.09. The van der Waals surface area contributed by atoms with Gasteiger partial charge in [-0.1, -0.05) is 12.1 Å². The summed E-state index contributed by atoms with van der Waals surface area (Å²) in [5.74, 6) is 2.17. The molecule has 0 unspecified atom stereocenters. The second-order valence-electron chi connectivity index (χ2n) is 11.7. The number of benzene rings is 2. The molecular weight excluding hydrogens is 544 g/mol. The number of nitrogens with two attached hydrogens (primary N) is 1. The number of nitrogen functional groups attached to an aromatic ring is 1. The van der Waals surface area contributed by atoms with Gasteiger partial charge < -0.3 is 15.2 Å². The molecule has 6 aromatic rings. The van der Waals surface area contributed by atoms with E-state index in [0.29, 0.717) is 57.2 Å². The number of ether oxygens (including phenoxy) is 2. The average molecular weight is 577 g/mol. The van der Waals surface area contributed by atoms with E-state index < -0.39 is 5.60 Å². The molecule has 2 N–H and O–H groups in total. The number of hydrogen-bond acceptors (Lipinski definition) is 8. The fourth-order valence-electron chi connectivity index (χ4n) is 6.20. The molecule has 1 aliphatic heterocycles. The molecule has 0 radical (unpaired) electrons. The topological polar surface area (TPSA) is 128 Å². The van der Waals surface area contributed by atoms with Gasteiger partial charge in [-0.2, -0.15) is 9.77 Å². The molecule has 11 nitrogen and oxygen atoms in total. The molecule has 2 aromatic carbocycles. The van der Waals surface area contributed by atoms with Crippen LogP contribution in [0.4, 0.5) is 5.82 Å². The predicted octanol–water partition coefficient (Wildman–Crippen LogP) is 4.59. The molecule has 218 valence electrons. The molecular formula is C32H32N8O3. The van der Waals surface area contributed by atoms with Crippen molar-refractivity contribution in [2.75, 3.05) is 12.8 Å². The lowest BCUT2D eigenvalue weighted by molar-refractivity contribution is 0.134. The third-order valence-electron chi connectivity index (χ3n) is 8.11. The van der Waals surface area contributed by atoms with Gasteiger partial charge in [-0.15, -0.1) is 0 Å². The molecule has 1 aliphatic rings. The van der Waals surface area contributed by atoms with Crippen molar-refractivity contribution in [2.24, 2.45) is 0 Å².